The summed E-state index contributed by atoms with van der Waals surface area (Å²) in [7, 11) is 0. The molecule has 1 atom stereocenters. The van der Waals surface area contributed by atoms with Gasteiger partial charge in [-0.25, -0.2) is 4.39 Å². The fraction of sp³-hybridized carbons (Fsp3) is 0.241. The Morgan fingerprint density at radius 1 is 1.03 bits per heavy atom. The Morgan fingerprint density at radius 2 is 1.74 bits per heavy atom. The predicted molar refractivity (Wildman–Crippen MR) is 132 cm³/mol. The first-order valence-corrected chi connectivity index (χ1v) is 11.6. The second-order valence-corrected chi connectivity index (χ2v) is 9.20. The van der Waals surface area contributed by atoms with Crippen LogP contribution >= 0.6 is 0 Å². The number of benzene rings is 3. The molecule has 1 unspecified atom stereocenters. The molecular weight excluding hydrogens is 445 g/mol. The monoisotopic (exact) mass is 473 g/mol. The highest BCUT2D eigenvalue weighted by Gasteiger charge is 2.46. The second kappa shape index (κ2) is 10.1. The van der Waals surface area contributed by atoms with E-state index in [4.69, 9.17) is 4.74 Å². The number of aliphatic hydroxyl groups excluding tert-OH is 1. The first-order valence-electron chi connectivity index (χ1n) is 11.6. The Morgan fingerprint density at radius 3 is 2.43 bits per heavy atom. The van der Waals surface area contributed by atoms with E-state index in [1.54, 1.807) is 36.4 Å². The molecule has 0 saturated carbocycles. The summed E-state index contributed by atoms with van der Waals surface area (Å²) in [5.41, 5.74) is 2.75. The zero-order valence-corrected chi connectivity index (χ0v) is 20.0. The van der Waals surface area contributed by atoms with E-state index in [-0.39, 0.29) is 23.7 Å². The third-order valence-corrected chi connectivity index (χ3v) is 5.85. The van der Waals surface area contributed by atoms with Gasteiger partial charge in [0.15, 0.2) is 0 Å². The second-order valence-electron chi connectivity index (χ2n) is 9.20. The third kappa shape index (κ3) is 5.27. The van der Waals surface area contributed by atoms with Gasteiger partial charge in [-0.05, 0) is 48.2 Å². The maximum atomic E-state index is 13.4. The lowest BCUT2D eigenvalue weighted by Crippen LogP contribution is -2.29. The molecule has 1 fully saturated rings. The Kier molecular flexibility index (Phi) is 7.01. The van der Waals surface area contributed by atoms with Crippen LogP contribution in [-0.4, -0.2) is 28.3 Å². The number of halogens is 1. The Bertz CT molecular complexity index is 1280. The van der Waals surface area contributed by atoms with Crippen LogP contribution in [0.4, 0.5) is 4.39 Å². The van der Waals surface area contributed by atoms with Crippen molar-refractivity contribution in [2.24, 2.45) is 5.92 Å². The summed E-state index contributed by atoms with van der Waals surface area (Å²) in [6.07, 6.45) is 0. The van der Waals surface area contributed by atoms with Gasteiger partial charge in [0, 0.05) is 12.1 Å². The maximum Gasteiger partial charge on any atom is 0.295 e. The van der Waals surface area contributed by atoms with E-state index in [2.05, 4.69) is 0 Å². The minimum atomic E-state index is -0.791. The van der Waals surface area contributed by atoms with Gasteiger partial charge in [0.1, 0.15) is 17.3 Å². The van der Waals surface area contributed by atoms with Crippen LogP contribution in [-0.2, 0) is 16.1 Å². The van der Waals surface area contributed by atoms with Crippen LogP contribution in [0.1, 0.15) is 42.1 Å². The quantitative estimate of drug-likeness (QED) is 0.268. The fourth-order valence-corrected chi connectivity index (χ4v) is 4.17. The van der Waals surface area contributed by atoms with Crippen molar-refractivity contribution in [2.45, 2.75) is 33.4 Å². The number of hydrogen-bond donors (Lipinski definition) is 1. The van der Waals surface area contributed by atoms with Gasteiger partial charge in [-0.2, -0.15) is 0 Å². The zero-order chi connectivity index (χ0) is 25.1. The summed E-state index contributed by atoms with van der Waals surface area (Å²) < 4.78 is 19.2. The van der Waals surface area contributed by atoms with E-state index >= 15 is 0 Å². The van der Waals surface area contributed by atoms with E-state index < -0.39 is 17.7 Å². The lowest BCUT2D eigenvalue weighted by Gasteiger charge is -2.25. The largest absolute Gasteiger partial charge is 0.507 e. The molecule has 1 saturated heterocycles. The number of ketones is 1. The fourth-order valence-electron chi connectivity index (χ4n) is 4.17. The number of amides is 1. The maximum absolute atomic E-state index is 13.4. The van der Waals surface area contributed by atoms with Crippen molar-refractivity contribution in [2.75, 3.05) is 6.61 Å². The van der Waals surface area contributed by atoms with Gasteiger partial charge in [-0.3, -0.25) is 9.59 Å². The summed E-state index contributed by atoms with van der Waals surface area (Å²) in [6, 6.07) is 19.4. The number of aliphatic hydroxyl groups is 1. The topological polar surface area (TPSA) is 66.8 Å². The summed E-state index contributed by atoms with van der Waals surface area (Å²) in [6.45, 7) is 6.60. The smallest absolute Gasteiger partial charge is 0.295 e. The zero-order valence-electron chi connectivity index (χ0n) is 20.0. The average molecular weight is 474 g/mol. The number of likely N-dealkylation sites (tertiary alicyclic amines) is 1. The van der Waals surface area contributed by atoms with Crippen LogP contribution in [0.15, 0.2) is 78.4 Å². The van der Waals surface area contributed by atoms with Gasteiger partial charge in [-0.1, -0.05) is 67.9 Å². The molecule has 0 spiro atoms. The standard InChI is InChI=1S/C29H28FNO4/c1-18(2)17-35-24-9-5-8-22(15-24)27(32)25-26(21-7-4-6-19(3)14-21)31(29(34)28(25)33)16-20-10-12-23(30)13-11-20/h4-15,18,26,32H,16-17H2,1-3H3/b27-25-. The van der Waals surface area contributed by atoms with Crippen LogP contribution in [0.2, 0.25) is 0 Å². The molecule has 1 amide bonds. The number of hydrogen-bond acceptors (Lipinski definition) is 4. The summed E-state index contributed by atoms with van der Waals surface area (Å²) >= 11 is 0. The van der Waals surface area contributed by atoms with Crippen molar-refractivity contribution in [1.82, 2.24) is 4.90 Å². The molecule has 0 bridgehead atoms. The summed E-state index contributed by atoms with van der Waals surface area (Å²) in [5, 5.41) is 11.3. The molecule has 35 heavy (non-hydrogen) atoms. The van der Waals surface area contributed by atoms with Gasteiger partial charge in [0.05, 0.1) is 18.2 Å². The van der Waals surface area contributed by atoms with Crippen molar-refractivity contribution in [3.8, 4) is 5.75 Å². The lowest BCUT2D eigenvalue weighted by atomic mass is 9.94. The van der Waals surface area contributed by atoms with Crippen LogP contribution in [0.5, 0.6) is 5.75 Å². The van der Waals surface area contributed by atoms with Crippen molar-refractivity contribution in [3.05, 3.63) is 106 Å². The minimum absolute atomic E-state index is 0.0173. The van der Waals surface area contributed by atoms with Crippen LogP contribution in [0, 0.1) is 18.7 Å². The third-order valence-electron chi connectivity index (χ3n) is 5.85. The number of carbonyl (C=O) groups is 2. The minimum Gasteiger partial charge on any atom is -0.507 e. The molecule has 0 aliphatic carbocycles. The molecular formula is C29H28FNO4. The molecule has 1 aliphatic heterocycles. The molecule has 1 heterocycles. The van der Waals surface area contributed by atoms with Crippen LogP contribution in [0.25, 0.3) is 5.76 Å². The molecule has 0 radical (unpaired) electrons. The van der Waals surface area contributed by atoms with E-state index in [0.717, 1.165) is 5.56 Å². The van der Waals surface area contributed by atoms with Gasteiger partial charge in [-0.15, -0.1) is 0 Å². The van der Waals surface area contributed by atoms with Gasteiger partial charge in [0.2, 0.25) is 0 Å². The van der Waals surface area contributed by atoms with Gasteiger partial charge in [0.25, 0.3) is 11.7 Å². The normalized spacial score (nSPS) is 17.3. The summed E-state index contributed by atoms with van der Waals surface area (Å²) in [4.78, 5) is 27.8. The van der Waals surface area contributed by atoms with E-state index in [1.807, 2.05) is 45.0 Å². The van der Waals surface area contributed by atoms with Crippen LogP contribution in [0.3, 0.4) is 0 Å². The van der Waals surface area contributed by atoms with Crippen molar-refractivity contribution in [1.29, 1.82) is 0 Å². The van der Waals surface area contributed by atoms with Crippen molar-refractivity contribution < 1.29 is 23.8 Å². The number of carbonyl (C=O) groups excluding carboxylic acids is 2. The molecule has 0 aromatic heterocycles. The molecule has 1 N–H and O–H groups in total. The highest BCUT2D eigenvalue weighted by molar-refractivity contribution is 6.46. The first kappa shape index (κ1) is 24.2. The number of rotatable bonds is 7. The van der Waals surface area contributed by atoms with Crippen molar-refractivity contribution >= 4 is 17.4 Å². The van der Waals surface area contributed by atoms with Gasteiger partial charge < -0.3 is 14.7 Å². The number of ether oxygens (including phenoxy) is 1. The van der Waals surface area contributed by atoms with E-state index in [0.29, 0.717) is 35.0 Å². The molecule has 6 heteroatoms. The highest BCUT2D eigenvalue weighted by atomic mass is 19.1. The number of nitrogens with zero attached hydrogens (tertiary/aromatic N) is 1. The Hall–Kier alpha value is -3.93. The number of Topliss-reactive ketones (excluding diaryl/α,β-unsaturated/α-hetero) is 1. The molecule has 5 nitrogen and oxygen atoms in total. The van der Waals surface area contributed by atoms with Gasteiger partial charge >= 0.3 is 0 Å². The SMILES string of the molecule is Cc1cccc(C2/C(=C(/O)c3cccc(OCC(C)C)c3)C(=O)C(=O)N2Cc2ccc(F)cc2)c1. The molecule has 1 aliphatic rings. The highest BCUT2D eigenvalue weighted by Crippen LogP contribution is 2.40. The molecule has 3 aromatic rings. The van der Waals surface area contributed by atoms with E-state index in [9.17, 15) is 19.1 Å². The van der Waals surface area contributed by atoms with E-state index in [1.165, 1.54) is 17.0 Å². The lowest BCUT2D eigenvalue weighted by molar-refractivity contribution is -0.140. The average Bonchev–Trinajstić information content (AvgIpc) is 3.09. The van der Waals surface area contributed by atoms with Crippen LogP contribution < -0.4 is 4.74 Å². The Balaban J connectivity index is 1.80. The van der Waals surface area contributed by atoms with Crippen molar-refractivity contribution in [3.63, 3.8) is 0 Å². The summed E-state index contributed by atoms with van der Waals surface area (Å²) in [5.74, 6) is -1.22. The molecule has 4 rings (SSSR count). The Labute approximate surface area is 204 Å². The first-order chi connectivity index (χ1) is 16.7. The molecule has 3 aromatic carbocycles. The predicted octanol–water partition coefficient (Wildman–Crippen LogP) is 5.79. The molecule has 180 valence electrons. The number of aryl methyl sites for hydroxylation is 1.